The summed E-state index contributed by atoms with van der Waals surface area (Å²) in [4.78, 5) is 27.0. The molecule has 1 unspecified atom stereocenters. The van der Waals surface area contributed by atoms with Crippen molar-refractivity contribution in [2.24, 2.45) is 16.0 Å². The first kappa shape index (κ1) is 29.5. The first-order valence-corrected chi connectivity index (χ1v) is 12.9. The van der Waals surface area contributed by atoms with Gasteiger partial charge in [-0.1, -0.05) is 52.4 Å². The number of hydrogen-bond acceptors (Lipinski definition) is 8. The van der Waals surface area contributed by atoms with Gasteiger partial charge in [-0.3, -0.25) is 9.59 Å². The summed E-state index contributed by atoms with van der Waals surface area (Å²) in [5.41, 5.74) is 9.46. The number of aromatic nitrogens is 1. The molecule has 1 amide bonds. The average Bonchev–Trinajstić information content (AvgIpc) is 2.90. The maximum Gasteiger partial charge on any atom is 0.290 e. The van der Waals surface area contributed by atoms with Gasteiger partial charge in [0.2, 0.25) is 5.88 Å². The van der Waals surface area contributed by atoms with Gasteiger partial charge in [-0.25, -0.2) is 0 Å². The number of pyridine rings is 1. The molecule has 37 heavy (non-hydrogen) atoms. The average molecular weight is 510 g/mol. The molecular weight excluding hydrogens is 470 g/mol. The Labute approximate surface area is 218 Å². The Morgan fingerprint density at radius 3 is 2.41 bits per heavy atom. The highest BCUT2D eigenvalue weighted by molar-refractivity contribution is 5.94. The van der Waals surface area contributed by atoms with Gasteiger partial charge in [-0.05, 0) is 44.0 Å². The first-order valence-electron chi connectivity index (χ1n) is 12.9. The number of carbonyl (C=O) groups excluding carboxylic acids is 1. The van der Waals surface area contributed by atoms with Gasteiger partial charge < -0.3 is 21.2 Å². The van der Waals surface area contributed by atoms with Crippen LogP contribution in [-0.2, 0) is 0 Å². The molecule has 200 valence electrons. The van der Waals surface area contributed by atoms with Gasteiger partial charge >= 0.3 is 0 Å². The van der Waals surface area contributed by atoms with E-state index in [2.05, 4.69) is 22.6 Å². The predicted molar refractivity (Wildman–Crippen MR) is 145 cm³/mol. The summed E-state index contributed by atoms with van der Waals surface area (Å²) < 4.78 is 0.931. The van der Waals surface area contributed by atoms with E-state index < -0.39 is 11.4 Å². The lowest BCUT2D eigenvalue weighted by Crippen LogP contribution is -2.43. The van der Waals surface area contributed by atoms with Gasteiger partial charge in [-0.2, -0.15) is 15.1 Å². The summed E-state index contributed by atoms with van der Waals surface area (Å²) in [6.07, 6.45) is 7.75. The van der Waals surface area contributed by atoms with E-state index in [1.54, 1.807) is 36.2 Å². The fourth-order valence-electron chi connectivity index (χ4n) is 3.81. The Hall–Kier alpha value is -3.71. The minimum atomic E-state index is -0.640. The van der Waals surface area contributed by atoms with E-state index >= 15 is 0 Å². The maximum absolute atomic E-state index is 12.8. The molecule has 4 N–H and O–H groups in total. The second-order valence-corrected chi connectivity index (χ2v) is 9.12. The van der Waals surface area contributed by atoms with Gasteiger partial charge in [-0.15, -0.1) is 5.11 Å². The summed E-state index contributed by atoms with van der Waals surface area (Å²) in [5.74, 6) is -0.597. The summed E-state index contributed by atoms with van der Waals surface area (Å²) in [7, 11) is 1.70. The number of rotatable bonds is 14. The first-order chi connectivity index (χ1) is 17.8. The van der Waals surface area contributed by atoms with E-state index in [0.29, 0.717) is 17.8 Å². The zero-order valence-corrected chi connectivity index (χ0v) is 22.3. The molecule has 1 aromatic heterocycles. The van der Waals surface area contributed by atoms with Gasteiger partial charge in [0, 0.05) is 24.7 Å². The van der Waals surface area contributed by atoms with Crippen LogP contribution in [0.15, 0.2) is 39.3 Å². The number of aromatic hydroxyl groups is 1. The lowest BCUT2D eigenvalue weighted by atomic mass is 10.1. The molecule has 2 rings (SSSR count). The molecule has 0 spiro atoms. The van der Waals surface area contributed by atoms with Crippen molar-refractivity contribution in [3.63, 3.8) is 0 Å². The SMILES string of the molecule is CCCCCCCC(N)N(C)C(=O)c1ccc(/N=N\c2c(C)c(C#N)c(=O)n(NCCCC)c2O)cc1. The summed E-state index contributed by atoms with van der Waals surface area (Å²) >= 11 is 0. The number of nitriles is 1. The van der Waals surface area contributed by atoms with Crippen LogP contribution in [0.1, 0.15) is 86.7 Å². The molecule has 0 aliphatic carbocycles. The van der Waals surface area contributed by atoms with Crippen LogP contribution in [0, 0.1) is 18.3 Å². The number of nitrogens with one attached hydrogen (secondary N) is 1. The standard InChI is InChI=1S/C27H39N7O3/c1-5-7-9-10-11-12-23(29)33(4)25(35)20-13-15-21(16-14-20)31-32-24-19(3)22(18-28)26(36)34(27(24)37)30-17-8-6-2/h13-16,23,30,37H,5-12,17,29H2,1-4H3/b32-31-. The van der Waals surface area contributed by atoms with Gasteiger partial charge in [0.25, 0.3) is 11.5 Å². The monoisotopic (exact) mass is 509 g/mol. The zero-order valence-electron chi connectivity index (χ0n) is 22.3. The van der Waals surface area contributed by atoms with Gasteiger partial charge in [0.05, 0.1) is 11.9 Å². The lowest BCUT2D eigenvalue weighted by molar-refractivity contribution is 0.0726. The van der Waals surface area contributed by atoms with Crippen molar-refractivity contribution in [1.82, 2.24) is 9.58 Å². The number of hydrogen-bond donors (Lipinski definition) is 3. The Morgan fingerprint density at radius 2 is 1.78 bits per heavy atom. The molecule has 1 atom stereocenters. The van der Waals surface area contributed by atoms with Crippen LogP contribution >= 0.6 is 0 Å². The molecule has 2 aromatic rings. The summed E-state index contributed by atoms with van der Waals surface area (Å²) in [5, 5.41) is 28.4. The van der Waals surface area contributed by atoms with Gasteiger partial charge in [0.15, 0.2) is 5.69 Å². The van der Waals surface area contributed by atoms with Crippen molar-refractivity contribution in [3.05, 3.63) is 51.3 Å². The van der Waals surface area contributed by atoms with Crippen LogP contribution in [0.3, 0.4) is 0 Å². The highest BCUT2D eigenvalue weighted by atomic mass is 16.3. The Bertz CT molecular complexity index is 1170. The number of azo groups is 1. The van der Waals surface area contributed by atoms with Crippen molar-refractivity contribution < 1.29 is 9.90 Å². The molecule has 0 bridgehead atoms. The number of amides is 1. The molecule has 0 saturated carbocycles. The van der Waals surface area contributed by atoms with Crippen LogP contribution < -0.4 is 16.7 Å². The van der Waals surface area contributed by atoms with Crippen LogP contribution in [0.2, 0.25) is 0 Å². The molecule has 10 heteroatoms. The van der Waals surface area contributed by atoms with Crippen molar-refractivity contribution in [3.8, 4) is 11.9 Å². The van der Waals surface area contributed by atoms with Crippen molar-refractivity contribution in [2.75, 3.05) is 19.0 Å². The minimum absolute atomic E-state index is 0.0185. The fourth-order valence-corrected chi connectivity index (χ4v) is 3.81. The third-order valence-corrected chi connectivity index (χ3v) is 6.28. The molecule has 1 aromatic carbocycles. The van der Waals surface area contributed by atoms with E-state index in [0.717, 1.165) is 36.8 Å². The van der Waals surface area contributed by atoms with Crippen molar-refractivity contribution >= 4 is 17.3 Å². The summed E-state index contributed by atoms with van der Waals surface area (Å²) in [6.45, 7) is 6.16. The molecule has 0 radical (unpaired) electrons. The Morgan fingerprint density at radius 1 is 1.14 bits per heavy atom. The molecular formula is C27H39N7O3. The summed E-state index contributed by atoms with van der Waals surface area (Å²) in [6, 6.07) is 8.43. The van der Waals surface area contributed by atoms with E-state index in [-0.39, 0.29) is 28.9 Å². The molecule has 0 aliphatic rings. The topological polar surface area (TPSA) is 149 Å². The second kappa shape index (κ2) is 14.8. The smallest absolute Gasteiger partial charge is 0.290 e. The van der Waals surface area contributed by atoms with Gasteiger partial charge in [0.1, 0.15) is 11.6 Å². The predicted octanol–water partition coefficient (Wildman–Crippen LogP) is 5.21. The maximum atomic E-state index is 12.8. The molecule has 1 heterocycles. The van der Waals surface area contributed by atoms with Crippen LogP contribution in [0.25, 0.3) is 0 Å². The van der Waals surface area contributed by atoms with E-state index in [1.165, 1.54) is 26.2 Å². The third-order valence-electron chi connectivity index (χ3n) is 6.28. The quantitative estimate of drug-likeness (QED) is 0.181. The minimum Gasteiger partial charge on any atom is -0.492 e. The van der Waals surface area contributed by atoms with E-state index in [1.807, 2.05) is 13.0 Å². The fraction of sp³-hybridized carbons (Fsp3) is 0.519. The number of nitrogens with zero attached hydrogens (tertiary/aromatic N) is 5. The largest absolute Gasteiger partial charge is 0.492 e. The molecule has 10 nitrogen and oxygen atoms in total. The Kier molecular flexibility index (Phi) is 11.8. The Balaban J connectivity index is 2.16. The number of benzene rings is 1. The highest BCUT2D eigenvalue weighted by Crippen LogP contribution is 2.31. The highest BCUT2D eigenvalue weighted by Gasteiger charge is 2.20. The molecule has 0 fully saturated rings. The van der Waals surface area contributed by atoms with Crippen LogP contribution in [0.4, 0.5) is 11.4 Å². The number of nitrogens with two attached hydrogens (primary N) is 1. The second-order valence-electron chi connectivity index (χ2n) is 9.12. The van der Waals surface area contributed by atoms with E-state index in [4.69, 9.17) is 5.73 Å². The zero-order chi connectivity index (χ0) is 27.4. The van der Waals surface area contributed by atoms with Crippen LogP contribution in [-0.4, -0.2) is 40.3 Å². The normalized spacial score (nSPS) is 11.9. The number of carbonyl (C=O) groups is 1. The van der Waals surface area contributed by atoms with Crippen molar-refractivity contribution in [1.29, 1.82) is 5.26 Å². The number of unbranched alkanes of at least 4 members (excludes halogenated alkanes) is 5. The third kappa shape index (κ3) is 7.89. The molecule has 0 aliphatic heterocycles. The van der Waals surface area contributed by atoms with Crippen LogP contribution in [0.5, 0.6) is 5.88 Å². The lowest BCUT2D eigenvalue weighted by Gasteiger charge is -2.25. The van der Waals surface area contributed by atoms with Crippen molar-refractivity contribution in [2.45, 2.75) is 78.3 Å². The molecule has 0 saturated heterocycles. The van der Waals surface area contributed by atoms with E-state index in [9.17, 15) is 20.0 Å².